The number of hydrogen-bond acceptors (Lipinski definition) is 4. The van der Waals surface area contributed by atoms with Gasteiger partial charge in [0.1, 0.15) is 5.82 Å². The topological polar surface area (TPSA) is 66.9 Å². The Morgan fingerprint density at radius 1 is 1.15 bits per heavy atom. The molecule has 0 fully saturated rings. The van der Waals surface area contributed by atoms with Crippen molar-refractivity contribution in [2.75, 3.05) is 18.9 Å². The fourth-order valence-electron chi connectivity index (χ4n) is 2.90. The number of nitrogens with zero attached hydrogens (tertiary/aromatic N) is 2. The van der Waals surface area contributed by atoms with Gasteiger partial charge in [0.05, 0.1) is 0 Å². The highest BCUT2D eigenvalue weighted by atomic mass is 16.1. The van der Waals surface area contributed by atoms with E-state index in [4.69, 9.17) is 0 Å². The Morgan fingerprint density at radius 3 is 2.69 bits per heavy atom. The Hall–Kier alpha value is -2.69. The van der Waals surface area contributed by atoms with Crippen molar-refractivity contribution >= 4 is 18.3 Å². The molecule has 0 bridgehead atoms. The van der Waals surface area contributed by atoms with Crippen molar-refractivity contribution in [1.29, 1.82) is 0 Å². The molecule has 0 unspecified atom stereocenters. The molecule has 2 N–H and O–H groups in total. The number of allylic oxidation sites excluding steroid dienone is 1. The number of nitrogens with one attached hydrogen (secondary N) is 2. The highest BCUT2D eigenvalue weighted by molar-refractivity contribution is 5.76. The minimum atomic E-state index is 0.758. The molecule has 2 heterocycles. The van der Waals surface area contributed by atoms with Gasteiger partial charge in [-0.05, 0) is 56.9 Å². The second-order valence-corrected chi connectivity index (χ2v) is 6.41. The Kier molecular flexibility index (Phi) is 7.80. The standard InChI is InChI=1S/C21H28N4O/c1-16(7-5-4-6-11-23-15-26)13-20-17(2)24-12-10-19(20)18-8-9-21(22-3)25-14-18/h8-10,12-15H,4-7,11H2,1-3H3,(H,22,25)(H,23,26)/b16-13+. The molecule has 1 amide bonds. The average Bonchev–Trinajstić information content (AvgIpc) is 2.66. The third-order valence-corrected chi connectivity index (χ3v) is 4.39. The predicted molar refractivity (Wildman–Crippen MR) is 108 cm³/mol. The summed E-state index contributed by atoms with van der Waals surface area (Å²) in [6.45, 7) is 4.97. The van der Waals surface area contributed by atoms with Crippen molar-refractivity contribution < 1.29 is 4.79 Å². The van der Waals surface area contributed by atoms with Gasteiger partial charge in [-0.1, -0.05) is 18.1 Å². The minimum absolute atomic E-state index is 0.758. The Morgan fingerprint density at radius 2 is 2.00 bits per heavy atom. The van der Waals surface area contributed by atoms with Gasteiger partial charge in [-0.15, -0.1) is 0 Å². The molecular weight excluding hydrogens is 324 g/mol. The van der Waals surface area contributed by atoms with Crippen LogP contribution in [0.1, 0.15) is 43.9 Å². The molecule has 0 spiro atoms. The molecule has 0 saturated heterocycles. The van der Waals surface area contributed by atoms with Gasteiger partial charge in [0.25, 0.3) is 0 Å². The van der Waals surface area contributed by atoms with Crippen LogP contribution in [0.3, 0.4) is 0 Å². The Balaban J connectivity index is 2.11. The first kappa shape index (κ1) is 19.6. The quantitative estimate of drug-likeness (QED) is 0.497. The lowest BCUT2D eigenvalue weighted by Gasteiger charge is -2.11. The summed E-state index contributed by atoms with van der Waals surface area (Å²) in [6, 6.07) is 6.12. The van der Waals surface area contributed by atoms with Crippen LogP contribution in [-0.4, -0.2) is 30.0 Å². The van der Waals surface area contributed by atoms with Crippen molar-refractivity contribution in [3.05, 3.63) is 47.4 Å². The molecule has 0 aliphatic heterocycles. The summed E-state index contributed by atoms with van der Waals surface area (Å²) >= 11 is 0. The van der Waals surface area contributed by atoms with E-state index in [0.717, 1.165) is 66.8 Å². The first-order valence-electron chi connectivity index (χ1n) is 9.09. The smallest absolute Gasteiger partial charge is 0.207 e. The van der Waals surface area contributed by atoms with E-state index in [1.165, 1.54) is 5.57 Å². The molecule has 2 aromatic rings. The highest BCUT2D eigenvalue weighted by Crippen LogP contribution is 2.28. The van der Waals surface area contributed by atoms with Crippen molar-refractivity contribution in [3.8, 4) is 11.1 Å². The lowest BCUT2D eigenvalue weighted by atomic mass is 9.97. The fourth-order valence-corrected chi connectivity index (χ4v) is 2.90. The third kappa shape index (κ3) is 5.69. The number of hydrogen-bond donors (Lipinski definition) is 2. The molecule has 26 heavy (non-hydrogen) atoms. The largest absolute Gasteiger partial charge is 0.373 e. The molecule has 0 radical (unpaired) electrons. The van der Waals surface area contributed by atoms with Gasteiger partial charge in [0.15, 0.2) is 0 Å². The second kappa shape index (κ2) is 10.3. The first-order valence-corrected chi connectivity index (χ1v) is 9.09. The molecule has 5 nitrogen and oxygen atoms in total. The number of amides is 1. The van der Waals surface area contributed by atoms with Gasteiger partial charge < -0.3 is 10.6 Å². The van der Waals surface area contributed by atoms with Gasteiger partial charge >= 0.3 is 0 Å². The molecule has 0 aliphatic carbocycles. The number of carbonyl (C=O) groups is 1. The van der Waals surface area contributed by atoms with Gasteiger partial charge in [0.2, 0.25) is 6.41 Å². The number of aryl methyl sites for hydroxylation is 1. The van der Waals surface area contributed by atoms with Crippen molar-refractivity contribution in [1.82, 2.24) is 15.3 Å². The fraction of sp³-hybridized carbons (Fsp3) is 0.381. The molecule has 0 saturated carbocycles. The second-order valence-electron chi connectivity index (χ2n) is 6.41. The molecular formula is C21H28N4O. The van der Waals surface area contributed by atoms with Crippen LogP contribution in [0.4, 0.5) is 5.82 Å². The predicted octanol–water partition coefficient (Wildman–Crippen LogP) is 4.20. The number of rotatable bonds is 10. The van der Waals surface area contributed by atoms with E-state index in [2.05, 4.69) is 39.7 Å². The van der Waals surface area contributed by atoms with Crippen molar-refractivity contribution in [3.63, 3.8) is 0 Å². The summed E-state index contributed by atoms with van der Waals surface area (Å²) in [7, 11) is 1.87. The maximum atomic E-state index is 10.2. The highest BCUT2D eigenvalue weighted by Gasteiger charge is 2.08. The van der Waals surface area contributed by atoms with Gasteiger partial charge in [-0.25, -0.2) is 4.98 Å². The summed E-state index contributed by atoms with van der Waals surface area (Å²) in [4.78, 5) is 19.1. The van der Waals surface area contributed by atoms with Crippen LogP contribution in [0.25, 0.3) is 17.2 Å². The van der Waals surface area contributed by atoms with E-state index in [9.17, 15) is 4.79 Å². The van der Waals surface area contributed by atoms with Crippen molar-refractivity contribution in [2.45, 2.75) is 39.5 Å². The zero-order valence-electron chi connectivity index (χ0n) is 15.9. The Bertz CT molecular complexity index is 738. The molecule has 2 aromatic heterocycles. The van der Waals surface area contributed by atoms with Crippen LogP contribution in [-0.2, 0) is 4.79 Å². The lowest BCUT2D eigenvalue weighted by Crippen LogP contribution is -2.11. The van der Waals surface area contributed by atoms with Crippen LogP contribution in [0.2, 0.25) is 0 Å². The molecule has 0 atom stereocenters. The van der Waals surface area contributed by atoms with Crippen LogP contribution < -0.4 is 10.6 Å². The SMILES string of the molecule is CNc1ccc(-c2ccnc(C)c2/C=C(\C)CCCCCNC=O)cn1. The maximum Gasteiger partial charge on any atom is 0.207 e. The number of anilines is 1. The third-order valence-electron chi connectivity index (χ3n) is 4.39. The van der Waals surface area contributed by atoms with Crippen molar-refractivity contribution in [2.24, 2.45) is 0 Å². The number of aromatic nitrogens is 2. The number of pyridine rings is 2. The molecule has 0 aliphatic rings. The average molecular weight is 352 g/mol. The molecule has 2 rings (SSSR count). The van der Waals surface area contributed by atoms with Gasteiger partial charge in [-0.3, -0.25) is 9.78 Å². The molecule has 138 valence electrons. The van der Waals surface area contributed by atoms with E-state index in [1.54, 1.807) is 0 Å². The van der Waals surface area contributed by atoms with E-state index in [0.29, 0.717) is 0 Å². The normalized spacial score (nSPS) is 11.3. The van der Waals surface area contributed by atoms with E-state index in [1.807, 2.05) is 38.5 Å². The van der Waals surface area contributed by atoms with Crippen LogP contribution >= 0.6 is 0 Å². The minimum Gasteiger partial charge on any atom is -0.373 e. The maximum absolute atomic E-state index is 10.2. The monoisotopic (exact) mass is 352 g/mol. The van der Waals surface area contributed by atoms with E-state index in [-0.39, 0.29) is 0 Å². The van der Waals surface area contributed by atoms with Crippen LogP contribution in [0, 0.1) is 6.92 Å². The summed E-state index contributed by atoms with van der Waals surface area (Å²) in [5, 5.41) is 5.75. The summed E-state index contributed by atoms with van der Waals surface area (Å²) in [5.41, 5.74) is 5.77. The zero-order chi connectivity index (χ0) is 18.8. The van der Waals surface area contributed by atoms with Gasteiger partial charge in [-0.2, -0.15) is 0 Å². The number of carbonyl (C=O) groups excluding carboxylic acids is 1. The molecule has 0 aromatic carbocycles. The van der Waals surface area contributed by atoms with E-state index >= 15 is 0 Å². The van der Waals surface area contributed by atoms with Crippen LogP contribution in [0.5, 0.6) is 0 Å². The Labute approximate surface area is 156 Å². The summed E-state index contributed by atoms with van der Waals surface area (Å²) in [6.07, 6.45) is 11.1. The van der Waals surface area contributed by atoms with E-state index < -0.39 is 0 Å². The van der Waals surface area contributed by atoms with Gasteiger partial charge in [0, 0.05) is 42.8 Å². The van der Waals surface area contributed by atoms with Crippen LogP contribution in [0.15, 0.2) is 36.2 Å². The summed E-state index contributed by atoms with van der Waals surface area (Å²) < 4.78 is 0. The first-order chi connectivity index (χ1) is 12.7. The number of unbranched alkanes of at least 4 members (excludes halogenated alkanes) is 2. The summed E-state index contributed by atoms with van der Waals surface area (Å²) in [5.74, 6) is 0.858. The lowest BCUT2D eigenvalue weighted by molar-refractivity contribution is -0.109. The molecule has 5 heteroatoms. The zero-order valence-corrected chi connectivity index (χ0v) is 15.9.